The van der Waals surface area contributed by atoms with Crippen molar-refractivity contribution < 1.29 is 28.0 Å². The van der Waals surface area contributed by atoms with E-state index in [2.05, 4.69) is 19.8 Å². The molecule has 0 spiro atoms. The second kappa shape index (κ2) is 18.0. The highest BCUT2D eigenvalue weighted by Gasteiger charge is 2.43. The van der Waals surface area contributed by atoms with Crippen LogP contribution >= 0.6 is 35.3 Å². The number of nitrogens with zero attached hydrogens (tertiary/aromatic N) is 4. The van der Waals surface area contributed by atoms with Crippen molar-refractivity contribution in [3.05, 3.63) is 148 Å². The number of nitro benzene ring substituents is 1. The lowest BCUT2D eigenvalue weighted by Crippen LogP contribution is -2.46. The van der Waals surface area contributed by atoms with E-state index in [1.54, 1.807) is 66.4 Å². The lowest BCUT2D eigenvalue weighted by molar-refractivity contribution is -0.384. The van der Waals surface area contributed by atoms with Crippen molar-refractivity contribution in [2.75, 3.05) is 58.3 Å². The SMILES string of the molecule is Cn1c(-c2ccc(Cl)cc2)c(-c2cccc(N3CCN(c4ccc(NSc5ccc(NCCSc6ccccc6)c([N+](=O)[O-])c5)cc4)CC3)c2)c(C(=O)O)c1C(F)(F)F. The third kappa shape index (κ3) is 9.59. The molecule has 0 amide bonds. The maximum absolute atomic E-state index is 14.4. The van der Waals surface area contributed by atoms with Crippen LogP contribution in [-0.2, 0) is 13.2 Å². The highest BCUT2D eigenvalue weighted by molar-refractivity contribution is 8.00. The summed E-state index contributed by atoms with van der Waals surface area (Å²) in [5.74, 6) is -0.910. The standard InChI is InChI=1S/C43H38ClF3N6O4S2/c1-50-40(28-10-12-30(44)13-11-28)38(39(42(54)55)41(50)43(45,46)47)29-6-5-7-33(26-29)52-23-21-51(22-24-52)32-16-14-31(15-17-32)49-59-35-18-19-36(37(27-35)53(56)57)48-20-25-58-34-8-3-2-4-9-34/h2-19,26-27,48-49H,20-25H2,1H3,(H,54,55). The molecule has 3 N–H and O–H groups in total. The number of carboxylic acids is 1. The molecule has 1 fully saturated rings. The summed E-state index contributed by atoms with van der Waals surface area (Å²) < 4.78 is 47.4. The fourth-order valence-corrected chi connectivity index (χ4v) is 8.73. The van der Waals surface area contributed by atoms with Gasteiger partial charge in [-0.25, -0.2) is 4.79 Å². The van der Waals surface area contributed by atoms with Crippen LogP contribution < -0.4 is 19.8 Å². The number of carbonyl (C=O) groups is 1. The van der Waals surface area contributed by atoms with Crippen LogP contribution in [0.15, 0.2) is 131 Å². The number of carboxylic acid groups (broad SMARTS) is 1. The highest BCUT2D eigenvalue weighted by atomic mass is 35.5. The van der Waals surface area contributed by atoms with Crippen LogP contribution in [0.1, 0.15) is 16.1 Å². The number of aromatic carboxylic acids is 1. The Kier molecular flexibility index (Phi) is 12.6. The molecular formula is C43H38ClF3N6O4S2. The first-order valence-electron chi connectivity index (χ1n) is 18.5. The van der Waals surface area contributed by atoms with Crippen LogP contribution in [-0.4, -0.2) is 59.0 Å². The van der Waals surface area contributed by atoms with Crippen LogP contribution in [0, 0.1) is 10.1 Å². The zero-order valence-electron chi connectivity index (χ0n) is 31.6. The van der Waals surface area contributed by atoms with Crippen molar-refractivity contribution in [2.45, 2.75) is 16.0 Å². The number of rotatable bonds is 14. The minimum Gasteiger partial charge on any atom is -0.478 e. The van der Waals surface area contributed by atoms with E-state index in [4.69, 9.17) is 11.6 Å². The summed E-state index contributed by atoms with van der Waals surface area (Å²) in [6.45, 7) is 3.15. The number of thioether (sulfide) groups is 1. The van der Waals surface area contributed by atoms with Crippen molar-refractivity contribution in [1.29, 1.82) is 0 Å². The molecule has 304 valence electrons. The number of piperazine rings is 1. The lowest BCUT2D eigenvalue weighted by atomic mass is 9.96. The monoisotopic (exact) mass is 858 g/mol. The summed E-state index contributed by atoms with van der Waals surface area (Å²) >= 11 is 9.04. The van der Waals surface area contributed by atoms with Gasteiger partial charge in [-0.3, -0.25) is 10.1 Å². The topological polar surface area (TPSA) is 116 Å². The number of benzene rings is 5. The van der Waals surface area contributed by atoms with Gasteiger partial charge in [-0.05, 0) is 95.9 Å². The van der Waals surface area contributed by atoms with Crippen molar-refractivity contribution in [3.63, 3.8) is 0 Å². The van der Waals surface area contributed by atoms with E-state index in [1.807, 2.05) is 66.7 Å². The number of halogens is 4. The maximum atomic E-state index is 14.4. The Morgan fingerprint density at radius 1 is 0.831 bits per heavy atom. The summed E-state index contributed by atoms with van der Waals surface area (Å²) in [6.07, 6.45) is -4.92. The van der Waals surface area contributed by atoms with Gasteiger partial charge >= 0.3 is 12.1 Å². The molecule has 10 nitrogen and oxygen atoms in total. The molecule has 1 aromatic heterocycles. The van der Waals surface area contributed by atoms with Crippen LogP contribution in [0.4, 0.5) is 41.6 Å². The molecule has 1 aliphatic heterocycles. The van der Waals surface area contributed by atoms with Gasteiger partial charge in [0.05, 0.1) is 16.2 Å². The molecule has 0 unspecified atom stereocenters. The van der Waals surface area contributed by atoms with Crippen LogP contribution in [0.3, 0.4) is 0 Å². The van der Waals surface area contributed by atoms with Crippen LogP contribution in [0.25, 0.3) is 22.4 Å². The van der Waals surface area contributed by atoms with E-state index >= 15 is 0 Å². The minimum absolute atomic E-state index is 0.00563. The first-order chi connectivity index (χ1) is 28.4. The fraction of sp³-hybridized carbons (Fsp3) is 0.186. The first-order valence-corrected chi connectivity index (χ1v) is 20.7. The molecule has 5 aromatic carbocycles. The number of hydrogen-bond acceptors (Lipinski definition) is 9. The van der Waals surface area contributed by atoms with Gasteiger partial charge in [0.15, 0.2) is 0 Å². The van der Waals surface area contributed by atoms with Crippen LogP contribution in [0.5, 0.6) is 0 Å². The number of nitrogens with one attached hydrogen (secondary N) is 2. The lowest BCUT2D eigenvalue weighted by Gasteiger charge is -2.37. The van der Waals surface area contributed by atoms with E-state index in [0.717, 1.165) is 32.3 Å². The molecule has 2 heterocycles. The summed E-state index contributed by atoms with van der Waals surface area (Å²) in [4.78, 5) is 30.2. The molecule has 0 saturated carbocycles. The second-order valence-corrected chi connectivity index (χ2v) is 16.1. The predicted molar refractivity (Wildman–Crippen MR) is 232 cm³/mol. The third-order valence-electron chi connectivity index (χ3n) is 9.89. The molecule has 0 atom stereocenters. The summed E-state index contributed by atoms with van der Waals surface area (Å²) in [7, 11) is 1.23. The third-order valence-corrected chi connectivity index (χ3v) is 12.0. The van der Waals surface area contributed by atoms with Crippen LogP contribution in [0.2, 0.25) is 5.02 Å². The van der Waals surface area contributed by atoms with Crippen molar-refractivity contribution >= 4 is 69.7 Å². The Hall–Kier alpha value is -5.77. The zero-order chi connectivity index (χ0) is 41.7. The van der Waals surface area contributed by atoms with Crippen molar-refractivity contribution in [1.82, 2.24) is 4.57 Å². The van der Waals surface area contributed by atoms with E-state index in [0.29, 0.717) is 59.5 Å². The van der Waals surface area contributed by atoms with Gasteiger partial charge in [0.1, 0.15) is 11.4 Å². The minimum atomic E-state index is -4.92. The normalized spacial score (nSPS) is 13.0. The van der Waals surface area contributed by atoms with Gasteiger partial charge < -0.3 is 29.5 Å². The first kappa shape index (κ1) is 41.4. The molecule has 0 radical (unpaired) electrons. The number of anilines is 4. The summed E-state index contributed by atoms with van der Waals surface area (Å²) in [6, 6.07) is 36.3. The van der Waals surface area contributed by atoms with E-state index in [-0.39, 0.29) is 21.9 Å². The van der Waals surface area contributed by atoms with Gasteiger partial charge in [-0.2, -0.15) is 13.2 Å². The fourth-order valence-electron chi connectivity index (χ4n) is 7.14. The number of alkyl halides is 3. The Labute approximate surface area is 352 Å². The molecule has 7 rings (SSSR count). The number of hydrogen-bond donors (Lipinski definition) is 3. The predicted octanol–water partition coefficient (Wildman–Crippen LogP) is 11.3. The maximum Gasteiger partial charge on any atom is 0.432 e. The molecular weight excluding hydrogens is 821 g/mol. The highest BCUT2D eigenvalue weighted by Crippen LogP contribution is 2.45. The van der Waals surface area contributed by atoms with Crippen molar-refractivity contribution in [2.24, 2.45) is 7.05 Å². The quantitative estimate of drug-likeness (QED) is 0.0321. The smallest absolute Gasteiger partial charge is 0.432 e. The molecule has 0 bridgehead atoms. The number of nitro groups is 1. The Bertz CT molecular complexity index is 2440. The molecule has 0 aliphatic carbocycles. The average Bonchev–Trinajstić information content (AvgIpc) is 3.56. The molecule has 1 aliphatic rings. The van der Waals surface area contributed by atoms with Gasteiger partial charge in [0.2, 0.25) is 0 Å². The molecule has 59 heavy (non-hydrogen) atoms. The summed E-state index contributed by atoms with van der Waals surface area (Å²) in [5.41, 5.74) is 1.90. The summed E-state index contributed by atoms with van der Waals surface area (Å²) in [5, 5.41) is 25.6. The molecule has 6 aromatic rings. The second-order valence-electron chi connectivity index (χ2n) is 13.6. The van der Waals surface area contributed by atoms with Gasteiger partial charge in [-0.1, -0.05) is 54.1 Å². The van der Waals surface area contributed by atoms with Gasteiger partial charge in [0.25, 0.3) is 5.69 Å². The Morgan fingerprint density at radius 3 is 2.15 bits per heavy atom. The zero-order valence-corrected chi connectivity index (χ0v) is 34.0. The van der Waals surface area contributed by atoms with E-state index in [1.165, 1.54) is 19.0 Å². The Morgan fingerprint density at radius 2 is 1.51 bits per heavy atom. The number of aromatic nitrogens is 1. The Balaban J connectivity index is 0.990. The molecule has 1 saturated heterocycles. The van der Waals surface area contributed by atoms with Gasteiger partial charge in [-0.15, -0.1) is 11.8 Å². The van der Waals surface area contributed by atoms with E-state index in [9.17, 15) is 33.2 Å². The van der Waals surface area contributed by atoms with E-state index < -0.39 is 23.4 Å². The van der Waals surface area contributed by atoms with Gasteiger partial charge in [0, 0.05) is 89.0 Å². The average molecular weight is 859 g/mol. The van der Waals surface area contributed by atoms with Crippen molar-refractivity contribution in [3.8, 4) is 22.4 Å². The molecule has 16 heteroatoms. The largest absolute Gasteiger partial charge is 0.478 e.